The Labute approximate surface area is 125 Å². The summed E-state index contributed by atoms with van der Waals surface area (Å²) in [7, 11) is 2.08. The Bertz CT molecular complexity index is 345. The zero-order chi connectivity index (χ0) is 14.8. The number of unbranched alkanes of at least 4 members (excludes halogenated alkanes) is 6. The Morgan fingerprint density at radius 3 is 1.90 bits per heavy atom. The second kappa shape index (κ2) is 9.15. The molecule has 3 heteroatoms. The minimum absolute atomic E-state index is 0.201. The summed E-state index contributed by atoms with van der Waals surface area (Å²) >= 11 is 0. The predicted octanol–water partition coefficient (Wildman–Crippen LogP) is 5.01. The molecule has 0 radical (unpaired) electrons. The summed E-state index contributed by atoms with van der Waals surface area (Å²) < 4.78 is 2.11. The molecule has 0 aliphatic heterocycles. The number of rotatable bonds is 11. The molecular weight excluding hydrogens is 246 g/mol. The van der Waals surface area contributed by atoms with E-state index >= 15 is 0 Å². The molecule has 116 valence electrons. The van der Waals surface area contributed by atoms with Gasteiger partial charge in [-0.1, -0.05) is 72.1 Å². The molecule has 1 rings (SSSR count). The van der Waals surface area contributed by atoms with Crippen LogP contribution in [-0.2, 0) is 12.5 Å². The first-order chi connectivity index (χ1) is 9.64. The summed E-state index contributed by atoms with van der Waals surface area (Å²) in [4.78, 5) is 0. The van der Waals surface area contributed by atoms with E-state index < -0.39 is 0 Å². The summed E-state index contributed by atoms with van der Waals surface area (Å²) in [5.74, 6) is 1.17. The molecule has 0 aliphatic carbocycles. The first-order valence-corrected chi connectivity index (χ1v) is 8.48. The Balaban J connectivity index is 2.60. The molecular formula is C17H33N3. The van der Waals surface area contributed by atoms with Gasteiger partial charge in [0.05, 0.1) is 0 Å². The lowest BCUT2D eigenvalue weighted by molar-refractivity contribution is 0.337. The number of nitrogens with zero attached hydrogens (tertiary/aromatic N) is 3. The van der Waals surface area contributed by atoms with Crippen molar-refractivity contribution in [2.75, 3.05) is 0 Å². The predicted molar refractivity (Wildman–Crippen MR) is 85.9 cm³/mol. The summed E-state index contributed by atoms with van der Waals surface area (Å²) in [6, 6.07) is 0. The Hall–Kier alpha value is -0.860. The van der Waals surface area contributed by atoms with Crippen LogP contribution in [0, 0.1) is 0 Å². The second-order valence-corrected chi connectivity index (χ2v) is 6.45. The van der Waals surface area contributed by atoms with E-state index in [1.54, 1.807) is 0 Å². The Morgan fingerprint density at radius 1 is 0.950 bits per heavy atom. The van der Waals surface area contributed by atoms with Crippen molar-refractivity contribution in [3.8, 4) is 0 Å². The standard InChI is InChI=1S/C17H33N3/c1-5-7-9-11-13-17(3,14-12-10-8-6-2)16-19-18-15-20(16)4/h15H,5-14H2,1-4H3. The van der Waals surface area contributed by atoms with Gasteiger partial charge in [0, 0.05) is 12.5 Å². The highest BCUT2D eigenvalue weighted by Gasteiger charge is 2.30. The molecule has 0 saturated carbocycles. The maximum Gasteiger partial charge on any atom is 0.138 e. The minimum atomic E-state index is 0.201. The van der Waals surface area contributed by atoms with Crippen molar-refractivity contribution in [3.63, 3.8) is 0 Å². The van der Waals surface area contributed by atoms with Gasteiger partial charge in [0.1, 0.15) is 12.2 Å². The lowest BCUT2D eigenvalue weighted by atomic mass is 9.79. The van der Waals surface area contributed by atoms with Crippen LogP contribution in [-0.4, -0.2) is 14.8 Å². The molecule has 0 atom stereocenters. The molecule has 20 heavy (non-hydrogen) atoms. The quantitative estimate of drug-likeness (QED) is 0.533. The first kappa shape index (κ1) is 17.2. The van der Waals surface area contributed by atoms with Gasteiger partial charge in [-0.2, -0.15) is 0 Å². The fraction of sp³-hybridized carbons (Fsp3) is 0.882. The van der Waals surface area contributed by atoms with Crippen LogP contribution < -0.4 is 0 Å². The SMILES string of the molecule is CCCCCCC(C)(CCCCCC)c1nncn1C. The van der Waals surface area contributed by atoms with Crippen LogP contribution in [0.3, 0.4) is 0 Å². The summed E-state index contributed by atoms with van der Waals surface area (Å²) in [5, 5.41) is 8.49. The third kappa shape index (κ3) is 5.26. The molecule has 0 saturated heterocycles. The summed E-state index contributed by atoms with van der Waals surface area (Å²) in [6.45, 7) is 6.92. The number of aryl methyl sites for hydroxylation is 1. The van der Waals surface area contributed by atoms with Gasteiger partial charge >= 0.3 is 0 Å². The van der Waals surface area contributed by atoms with E-state index in [2.05, 4.69) is 42.6 Å². The normalized spacial score (nSPS) is 12.0. The topological polar surface area (TPSA) is 30.7 Å². The van der Waals surface area contributed by atoms with Crippen LogP contribution in [0.4, 0.5) is 0 Å². The van der Waals surface area contributed by atoms with Crippen LogP contribution in [0.15, 0.2) is 6.33 Å². The Morgan fingerprint density at radius 2 is 1.50 bits per heavy atom. The van der Waals surface area contributed by atoms with Gasteiger partial charge in [-0.25, -0.2) is 0 Å². The molecule has 0 N–H and O–H groups in total. The van der Waals surface area contributed by atoms with Gasteiger partial charge in [-0.3, -0.25) is 0 Å². The molecule has 3 nitrogen and oxygen atoms in total. The summed E-state index contributed by atoms with van der Waals surface area (Å²) in [5.41, 5.74) is 0.201. The fourth-order valence-electron chi connectivity index (χ4n) is 3.06. The van der Waals surface area contributed by atoms with Gasteiger partial charge in [0.2, 0.25) is 0 Å². The second-order valence-electron chi connectivity index (χ2n) is 6.45. The molecule has 1 heterocycles. The monoisotopic (exact) mass is 279 g/mol. The van der Waals surface area contributed by atoms with Crippen LogP contribution >= 0.6 is 0 Å². The maximum atomic E-state index is 4.40. The molecule has 0 spiro atoms. The van der Waals surface area contributed by atoms with Gasteiger partial charge in [-0.05, 0) is 12.8 Å². The van der Waals surface area contributed by atoms with Crippen molar-refractivity contribution in [2.45, 2.75) is 90.4 Å². The summed E-state index contributed by atoms with van der Waals surface area (Å²) in [6.07, 6.45) is 14.9. The van der Waals surface area contributed by atoms with Gasteiger partial charge < -0.3 is 4.57 Å². The Kier molecular flexibility index (Phi) is 7.86. The van der Waals surface area contributed by atoms with E-state index in [1.807, 2.05) is 6.33 Å². The van der Waals surface area contributed by atoms with E-state index in [0.717, 1.165) is 0 Å². The van der Waals surface area contributed by atoms with Gasteiger partial charge in [0.15, 0.2) is 0 Å². The van der Waals surface area contributed by atoms with Crippen LogP contribution in [0.5, 0.6) is 0 Å². The number of aromatic nitrogens is 3. The average Bonchev–Trinajstić information content (AvgIpc) is 2.87. The highest BCUT2D eigenvalue weighted by molar-refractivity contribution is 5.05. The zero-order valence-corrected chi connectivity index (χ0v) is 14.0. The van der Waals surface area contributed by atoms with Crippen molar-refractivity contribution < 1.29 is 0 Å². The van der Waals surface area contributed by atoms with Crippen molar-refractivity contribution in [1.29, 1.82) is 0 Å². The third-order valence-electron chi connectivity index (χ3n) is 4.42. The van der Waals surface area contributed by atoms with Crippen molar-refractivity contribution in [3.05, 3.63) is 12.2 Å². The minimum Gasteiger partial charge on any atom is -0.320 e. The van der Waals surface area contributed by atoms with E-state index in [0.29, 0.717) is 0 Å². The highest BCUT2D eigenvalue weighted by Crippen LogP contribution is 2.33. The van der Waals surface area contributed by atoms with E-state index in [9.17, 15) is 0 Å². The van der Waals surface area contributed by atoms with Gasteiger partial charge in [-0.15, -0.1) is 10.2 Å². The molecule has 0 aliphatic rings. The van der Waals surface area contributed by atoms with Crippen LogP contribution in [0.25, 0.3) is 0 Å². The zero-order valence-electron chi connectivity index (χ0n) is 14.0. The lowest BCUT2D eigenvalue weighted by Crippen LogP contribution is -2.26. The number of hydrogen-bond donors (Lipinski definition) is 0. The van der Waals surface area contributed by atoms with Crippen molar-refractivity contribution >= 4 is 0 Å². The first-order valence-electron chi connectivity index (χ1n) is 8.48. The molecule has 1 aromatic heterocycles. The highest BCUT2D eigenvalue weighted by atomic mass is 15.3. The fourth-order valence-corrected chi connectivity index (χ4v) is 3.06. The third-order valence-corrected chi connectivity index (χ3v) is 4.42. The van der Waals surface area contributed by atoms with Crippen molar-refractivity contribution in [2.24, 2.45) is 7.05 Å². The van der Waals surface area contributed by atoms with E-state index in [-0.39, 0.29) is 5.41 Å². The molecule has 0 fully saturated rings. The molecule has 0 aromatic carbocycles. The van der Waals surface area contributed by atoms with Gasteiger partial charge in [0.25, 0.3) is 0 Å². The number of hydrogen-bond acceptors (Lipinski definition) is 2. The lowest BCUT2D eigenvalue weighted by Gasteiger charge is -2.28. The molecule has 1 aromatic rings. The van der Waals surface area contributed by atoms with Crippen molar-refractivity contribution in [1.82, 2.24) is 14.8 Å². The van der Waals surface area contributed by atoms with E-state index in [4.69, 9.17) is 0 Å². The molecule has 0 amide bonds. The average molecular weight is 279 g/mol. The maximum absolute atomic E-state index is 4.40. The van der Waals surface area contributed by atoms with Crippen LogP contribution in [0.1, 0.15) is 90.8 Å². The molecule has 0 bridgehead atoms. The molecule has 0 unspecified atom stereocenters. The van der Waals surface area contributed by atoms with Crippen LogP contribution in [0.2, 0.25) is 0 Å². The van der Waals surface area contributed by atoms with E-state index in [1.165, 1.54) is 70.0 Å². The largest absolute Gasteiger partial charge is 0.320 e. The smallest absolute Gasteiger partial charge is 0.138 e.